The normalized spacial score (nSPS) is 11.1. The molecule has 0 aromatic heterocycles. The van der Waals surface area contributed by atoms with Crippen LogP contribution in [0.4, 0.5) is 0 Å². The van der Waals surface area contributed by atoms with Crippen LogP contribution in [0.5, 0.6) is 5.75 Å². The summed E-state index contributed by atoms with van der Waals surface area (Å²) in [6, 6.07) is 6.23. The molecule has 88 valence electrons. The lowest BCUT2D eigenvalue weighted by Crippen LogP contribution is -2.13. The lowest BCUT2D eigenvalue weighted by atomic mass is 10.3. The van der Waals surface area contributed by atoms with Crippen LogP contribution in [0.3, 0.4) is 0 Å². The van der Waals surface area contributed by atoms with Crippen molar-refractivity contribution in [2.45, 2.75) is 11.3 Å². The van der Waals surface area contributed by atoms with E-state index < -0.39 is 9.84 Å². The second-order valence-electron chi connectivity index (χ2n) is 3.37. The molecule has 0 atom stereocenters. The van der Waals surface area contributed by atoms with Gasteiger partial charge in [-0.3, -0.25) is 5.41 Å². The van der Waals surface area contributed by atoms with Gasteiger partial charge < -0.3 is 10.5 Å². The summed E-state index contributed by atoms with van der Waals surface area (Å²) in [5.74, 6) is 0.503. The predicted octanol–water partition coefficient (Wildman–Crippen LogP) is 0.795. The number of hydrogen-bond donors (Lipinski definition) is 2. The topological polar surface area (TPSA) is 93.2 Å². The number of amidine groups is 1. The van der Waals surface area contributed by atoms with E-state index in [2.05, 4.69) is 0 Å². The van der Waals surface area contributed by atoms with Gasteiger partial charge in [0.15, 0.2) is 9.84 Å². The first-order chi connectivity index (χ1) is 7.39. The van der Waals surface area contributed by atoms with Gasteiger partial charge in [-0.25, -0.2) is 8.42 Å². The molecular weight excluding hydrogens is 228 g/mol. The van der Waals surface area contributed by atoms with Gasteiger partial charge in [0, 0.05) is 12.7 Å². The van der Waals surface area contributed by atoms with E-state index >= 15 is 0 Å². The number of rotatable bonds is 5. The van der Waals surface area contributed by atoms with Crippen molar-refractivity contribution >= 4 is 15.7 Å². The van der Waals surface area contributed by atoms with E-state index in [1.54, 1.807) is 12.1 Å². The van der Waals surface area contributed by atoms with Crippen molar-refractivity contribution in [3.05, 3.63) is 24.3 Å². The van der Waals surface area contributed by atoms with Crippen LogP contribution in [0.15, 0.2) is 29.2 Å². The van der Waals surface area contributed by atoms with Crippen molar-refractivity contribution in [3.63, 3.8) is 0 Å². The number of ether oxygens (including phenoxy) is 1. The van der Waals surface area contributed by atoms with Crippen LogP contribution >= 0.6 is 0 Å². The van der Waals surface area contributed by atoms with E-state index in [1.807, 2.05) is 0 Å². The van der Waals surface area contributed by atoms with E-state index in [-0.39, 0.29) is 17.3 Å². The molecule has 6 heteroatoms. The summed E-state index contributed by atoms with van der Waals surface area (Å²) >= 11 is 0. The summed E-state index contributed by atoms with van der Waals surface area (Å²) in [5, 5.41) is 7.00. The number of nitrogens with two attached hydrogens (primary N) is 1. The zero-order valence-electron chi connectivity index (χ0n) is 8.93. The van der Waals surface area contributed by atoms with Crippen molar-refractivity contribution in [2.24, 2.45) is 5.73 Å². The fourth-order valence-corrected chi connectivity index (χ4v) is 1.73. The maximum atomic E-state index is 11.3. The third kappa shape index (κ3) is 3.90. The van der Waals surface area contributed by atoms with Crippen LogP contribution in [0.1, 0.15) is 6.42 Å². The lowest BCUT2D eigenvalue weighted by molar-refractivity contribution is 0.328. The van der Waals surface area contributed by atoms with Gasteiger partial charge in [0.05, 0.1) is 17.3 Å². The second kappa shape index (κ2) is 4.98. The number of sulfone groups is 1. The van der Waals surface area contributed by atoms with Crippen molar-refractivity contribution < 1.29 is 13.2 Å². The van der Waals surface area contributed by atoms with Crippen LogP contribution in [0, 0.1) is 5.41 Å². The highest BCUT2D eigenvalue weighted by Crippen LogP contribution is 2.17. The SMILES string of the molecule is CS(=O)(=O)c1cccc(OCCC(=N)N)c1. The minimum Gasteiger partial charge on any atom is -0.493 e. The van der Waals surface area contributed by atoms with Crippen LogP contribution in [-0.4, -0.2) is 27.1 Å². The van der Waals surface area contributed by atoms with E-state index in [4.69, 9.17) is 15.9 Å². The van der Waals surface area contributed by atoms with Crippen molar-refractivity contribution in [1.82, 2.24) is 0 Å². The smallest absolute Gasteiger partial charge is 0.175 e. The van der Waals surface area contributed by atoms with Gasteiger partial charge >= 0.3 is 0 Å². The average Bonchev–Trinajstić information content (AvgIpc) is 2.16. The minimum absolute atomic E-state index is 0.0410. The van der Waals surface area contributed by atoms with Crippen LogP contribution in [0.2, 0.25) is 0 Å². The molecule has 0 spiro atoms. The summed E-state index contributed by atoms with van der Waals surface area (Å²) in [4.78, 5) is 0.216. The quantitative estimate of drug-likeness (QED) is 0.589. The Kier molecular flexibility index (Phi) is 3.89. The van der Waals surface area contributed by atoms with Crippen LogP contribution < -0.4 is 10.5 Å². The molecule has 3 N–H and O–H groups in total. The van der Waals surface area contributed by atoms with Gasteiger partial charge in [0.25, 0.3) is 0 Å². The fraction of sp³-hybridized carbons (Fsp3) is 0.300. The number of nitrogens with one attached hydrogen (secondary N) is 1. The second-order valence-corrected chi connectivity index (χ2v) is 5.39. The molecule has 0 aliphatic carbocycles. The Labute approximate surface area is 94.7 Å². The zero-order valence-corrected chi connectivity index (χ0v) is 9.75. The molecule has 0 fully saturated rings. The summed E-state index contributed by atoms with van der Waals surface area (Å²) in [6.45, 7) is 0.266. The largest absolute Gasteiger partial charge is 0.493 e. The van der Waals surface area contributed by atoms with E-state index in [0.29, 0.717) is 12.2 Å². The van der Waals surface area contributed by atoms with Gasteiger partial charge in [-0.2, -0.15) is 0 Å². The van der Waals surface area contributed by atoms with Gasteiger partial charge in [-0.05, 0) is 18.2 Å². The first-order valence-electron chi connectivity index (χ1n) is 4.65. The van der Waals surface area contributed by atoms with E-state index in [1.165, 1.54) is 12.1 Å². The Bertz CT molecular complexity index is 483. The van der Waals surface area contributed by atoms with Crippen LogP contribution in [0.25, 0.3) is 0 Å². The molecule has 0 saturated heterocycles. The molecule has 0 amide bonds. The monoisotopic (exact) mass is 242 g/mol. The highest BCUT2D eigenvalue weighted by Gasteiger charge is 2.07. The standard InChI is InChI=1S/C10H14N2O3S/c1-16(13,14)9-4-2-3-8(7-9)15-6-5-10(11)12/h2-4,7H,5-6H2,1H3,(H3,11,12). The highest BCUT2D eigenvalue weighted by atomic mass is 32.2. The molecule has 16 heavy (non-hydrogen) atoms. The van der Waals surface area contributed by atoms with Crippen LogP contribution in [-0.2, 0) is 9.84 Å². The zero-order chi connectivity index (χ0) is 12.2. The first-order valence-corrected chi connectivity index (χ1v) is 6.54. The molecule has 0 aliphatic heterocycles. The van der Waals surface area contributed by atoms with Gasteiger partial charge in [0.1, 0.15) is 5.75 Å². The van der Waals surface area contributed by atoms with Crippen molar-refractivity contribution in [1.29, 1.82) is 5.41 Å². The Morgan fingerprint density at radius 3 is 2.75 bits per heavy atom. The van der Waals surface area contributed by atoms with Gasteiger partial charge in [0.2, 0.25) is 0 Å². The Hall–Kier alpha value is -1.56. The number of benzene rings is 1. The predicted molar refractivity (Wildman–Crippen MR) is 61.6 cm³/mol. The average molecular weight is 242 g/mol. The molecule has 1 aromatic rings. The molecule has 0 saturated carbocycles. The lowest BCUT2D eigenvalue weighted by Gasteiger charge is -2.06. The fourth-order valence-electron chi connectivity index (χ4n) is 1.07. The Morgan fingerprint density at radius 2 is 2.19 bits per heavy atom. The van der Waals surface area contributed by atoms with Gasteiger partial charge in [-0.1, -0.05) is 6.07 Å². The molecule has 0 bridgehead atoms. The first kappa shape index (κ1) is 12.5. The summed E-state index contributed by atoms with van der Waals surface area (Å²) in [5.41, 5.74) is 5.16. The van der Waals surface area contributed by atoms with Crippen molar-refractivity contribution in [3.8, 4) is 5.75 Å². The highest BCUT2D eigenvalue weighted by molar-refractivity contribution is 7.90. The molecular formula is C10H14N2O3S. The molecule has 0 unspecified atom stereocenters. The Balaban J connectivity index is 2.72. The Morgan fingerprint density at radius 1 is 1.50 bits per heavy atom. The summed E-state index contributed by atoms with van der Waals surface area (Å²) in [7, 11) is -3.21. The molecule has 0 aliphatic rings. The molecule has 0 heterocycles. The summed E-state index contributed by atoms with van der Waals surface area (Å²) in [6.07, 6.45) is 1.46. The maximum absolute atomic E-state index is 11.3. The van der Waals surface area contributed by atoms with Crippen molar-refractivity contribution in [2.75, 3.05) is 12.9 Å². The number of hydrogen-bond acceptors (Lipinski definition) is 4. The molecule has 5 nitrogen and oxygen atoms in total. The summed E-state index contributed by atoms with van der Waals surface area (Å²) < 4.78 is 27.8. The minimum atomic E-state index is -3.21. The molecule has 0 radical (unpaired) electrons. The third-order valence-electron chi connectivity index (χ3n) is 1.87. The van der Waals surface area contributed by atoms with Gasteiger partial charge in [-0.15, -0.1) is 0 Å². The third-order valence-corrected chi connectivity index (χ3v) is 2.98. The maximum Gasteiger partial charge on any atom is 0.175 e. The molecule has 1 rings (SSSR count). The van der Waals surface area contributed by atoms with E-state index in [0.717, 1.165) is 6.26 Å². The van der Waals surface area contributed by atoms with E-state index in [9.17, 15) is 8.42 Å². The molecule has 1 aromatic carbocycles.